The maximum Gasteiger partial charge on any atom is 0.258 e. The van der Waals surface area contributed by atoms with Gasteiger partial charge in [0.15, 0.2) is 5.16 Å². The summed E-state index contributed by atoms with van der Waals surface area (Å²) in [6.45, 7) is 4.43. The fourth-order valence-corrected chi connectivity index (χ4v) is 6.17. The number of hydrogen-bond acceptors (Lipinski definition) is 3. The van der Waals surface area contributed by atoms with Gasteiger partial charge in [-0.3, -0.25) is 9.36 Å². The van der Waals surface area contributed by atoms with Crippen molar-refractivity contribution in [1.29, 1.82) is 0 Å². The molecule has 1 fully saturated rings. The van der Waals surface area contributed by atoms with Crippen LogP contribution >= 0.6 is 11.8 Å². The van der Waals surface area contributed by atoms with Gasteiger partial charge in [0.25, 0.3) is 5.56 Å². The minimum Gasteiger partial charge on any atom is -0.283 e. The highest BCUT2D eigenvalue weighted by molar-refractivity contribution is 7.99. The molecular weight excluding hydrogens is 412 g/mol. The van der Waals surface area contributed by atoms with Gasteiger partial charge in [0.05, 0.1) is 12.2 Å². The normalized spacial score (nSPS) is 18.1. The molecule has 0 unspecified atom stereocenters. The summed E-state index contributed by atoms with van der Waals surface area (Å²) in [6.07, 6.45) is 9.14. The summed E-state index contributed by atoms with van der Waals surface area (Å²) in [7, 11) is 0. The monoisotopic (exact) mass is 442 g/mol. The van der Waals surface area contributed by atoms with E-state index < -0.39 is 0 Å². The van der Waals surface area contributed by atoms with Crippen LogP contribution in [0, 0.1) is 5.92 Å². The highest BCUT2D eigenvalue weighted by Crippen LogP contribution is 2.45. The minimum atomic E-state index is 0.149. The van der Waals surface area contributed by atoms with E-state index in [1.807, 2.05) is 28.8 Å². The van der Waals surface area contributed by atoms with Crippen LogP contribution in [0.2, 0.25) is 0 Å². The summed E-state index contributed by atoms with van der Waals surface area (Å²) in [5, 5.41) is 0.789. The van der Waals surface area contributed by atoms with Crippen LogP contribution in [0.25, 0.3) is 11.3 Å². The van der Waals surface area contributed by atoms with E-state index in [0.29, 0.717) is 12.5 Å². The Hall–Kier alpha value is -2.59. The zero-order valence-corrected chi connectivity index (χ0v) is 19.3. The third-order valence-corrected chi connectivity index (χ3v) is 7.96. The lowest BCUT2D eigenvalue weighted by Crippen LogP contribution is -2.34. The predicted molar refractivity (Wildman–Crippen MR) is 133 cm³/mol. The highest BCUT2D eigenvalue weighted by Gasteiger charge is 2.35. The largest absolute Gasteiger partial charge is 0.283 e. The number of thioether (sulfide) groups is 1. The van der Waals surface area contributed by atoms with Crippen molar-refractivity contribution in [2.24, 2.45) is 5.92 Å². The molecule has 0 bridgehead atoms. The summed E-state index contributed by atoms with van der Waals surface area (Å²) >= 11 is 1.60. The molecule has 3 aromatic rings. The minimum absolute atomic E-state index is 0.149. The van der Waals surface area contributed by atoms with Crippen LogP contribution in [0.3, 0.4) is 0 Å². The maximum absolute atomic E-state index is 14.1. The summed E-state index contributed by atoms with van der Waals surface area (Å²) in [4.78, 5) is 19.3. The first-order valence-electron chi connectivity index (χ1n) is 11.8. The molecule has 0 spiro atoms. The average Bonchev–Trinajstić information content (AvgIpc) is 2.85. The Kier molecular flexibility index (Phi) is 6.31. The fraction of sp³-hybridized carbons (Fsp3) is 0.357. The van der Waals surface area contributed by atoms with Gasteiger partial charge in [-0.2, -0.15) is 0 Å². The van der Waals surface area contributed by atoms with E-state index in [-0.39, 0.29) is 11.5 Å². The molecule has 1 heterocycles. The standard InChI is InChI=1S/C28H30N2OS/c1-2-17-32-28-29-26-23-16-10-9-15-22(23)18-24(21-13-7-4-8-14-21)25(26)27(31)30(28)19-20-11-5-3-6-12-20/h2-3,5-6,9-12,15-16,21,24H,1,4,7-8,13-14,17-19H2/t24-/m0/s1. The fourth-order valence-electron chi connectivity index (χ4n) is 5.45. The molecule has 2 aliphatic carbocycles. The first-order chi connectivity index (χ1) is 15.8. The molecule has 0 saturated heterocycles. The Labute approximate surface area is 194 Å². The second-order valence-electron chi connectivity index (χ2n) is 9.00. The molecule has 5 rings (SSSR count). The van der Waals surface area contributed by atoms with Crippen molar-refractivity contribution in [3.8, 4) is 11.3 Å². The Morgan fingerprint density at radius 3 is 2.56 bits per heavy atom. The van der Waals surface area contributed by atoms with Gasteiger partial charge in [-0.15, -0.1) is 6.58 Å². The number of aromatic nitrogens is 2. The van der Waals surface area contributed by atoms with Crippen LogP contribution in [0.4, 0.5) is 0 Å². The van der Waals surface area contributed by atoms with Crippen LogP contribution in [0.1, 0.15) is 54.7 Å². The Morgan fingerprint density at radius 2 is 1.78 bits per heavy atom. The Bertz CT molecular complexity index is 1160. The van der Waals surface area contributed by atoms with Crippen molar-refractivity contribution in [3.05, 3.63) is 94.3 Å². The zero-order valence-electron chi connectivity index (χ0n) is 18.5. The van der Waals surface area contributed by atoms with Crippen LogP contribution in [0.15, 0.2) is 77.2 Å². The third kappa shape index (κ3) is 4.09. The van der Waals surface area contributed by atoms with Gasteiger partial charge in [-0.25, -0.2) is 4.98 Å². The lowest BCUT2D eigenvalue weighted by Gasteiger charge is -2.35. The number of benzene rings is 2. The first kappa shape index (κ1) is 21.3. The van der Waals surface area contributed by atoms with Crippen molar-refractivity contribution in [2.45, 2.75) is 56.1 Å². The second kappa shape index (κ2) is 9.50. The van der Waals surface area contributed by atoms with Crippen molar-refractivity contribution in [2.75, 3.05) is 5.75 Å². The van der Waals surface area contributed by atoms with Crippen LogP contribution in [-0.2, 0) is 13.0 Å². The molecule has 0 radical (unpaired) electrons. The first-order valence-corrected chi connectivity index (χ1v) is 12.8. The van der Waals surface area contributed by atoms with E-state index in [0.717, 1.165) is 39.7 Å². The van der Waals surface area contributed by atoms with E-state index in [4.69, 9.17) is 4.98 Å². The molecule has 32 heavy (non-hydrogen) atoms. The molecule has 1 aromatic heterocycles. The average molecular weight is 443 g/mol. The number of rotatable bonds is 6. The van der Waals surface area contributed by atoms with Crippen molar-refractivity contribution in [1.82, 2.24) is 9.55 Å². The van der Waals surface area contributed by atoms with Crippen molar-refractivity contribution >= 4 is 11.8 Å². The molecule has 4 heteroatoms. The van der Waals surface area contributed by atoms with Gasteiger partial charge in [-0.1, -0.05) is 91.7 Å². The lowest BCUT2D eigenvalue weighted by atomic mass is 9.70. The van der Waals surface area contributed by atoms with Crippen molar-refractivity contribution < 1.29 is 0 Å². The Morgan fingerprint density at radius 1 is 1.03 bits per heavy atom. The van der Waals surface area contributed by atoms with E-state index in [1.54, 1.807) is 11.8 Å². The molecule has 1 saturated carbocycles. The molecule has 164 valence electrons. The van der Waals surface area contributed by atoms with Gasteiger partial charge in [0, 0.05) is 16.9 Å². The predicted octanol–water partition coefficient (Wildman–Crippen LogP) is 6.46. The highest BCUT2D eigenvalue weighted by atomic mass is 32.2. The molecule has 3 nitrogen and oxygen atoms in total. The van der Waals surface area contributed by atoms with Gasteiger partial charge >= 0.3 is 0 Å². The summed E-state index contributed by atoms with van der Waals surface area (Å²) in [5.74, 6) is 1.57. The van der Waals surface area contributed by atoms with Crippen LogP contribution < -0.4 is 5.56 Å². The van der Waals surface area contributed by atoms with Crippen molar-refractivity contribution in [3.63, 3.8) is 0 Å². The van der Waals surface area contributed by atoms with Crippen LogP contribution in [0.5, 0.6) is 0 Å². The smallest absolute Gasteiger partial charge is 0.258 e. The van der Waals surface area contributed by atoms with Gasteiger partial charge in [-0.05, 0) is 42.2 Å². The number of hydrogen-bond donors (Lipinski definition) is 0. The number of fused-ring (bicyclic) bond motifs is 3. The molecule has 2 aromatic carbocycles. The molecule has 1 atom stereocenters. The van der Waals surface area contributed by atoms with Gasteiger partial charge in [0.1, 0.15) is 0 Å². The maximum atomic E-state index is 14.1. The molecule has 2 aliphatic rings. The molecule has 0 aliphatic heterocycles. The summed E-state index contributed by atoms with van der Waals surface area (Å²) in [5.41, 5.74) is 5.62. The van der Waals surface area contributed by atoms with Gasteiger partial charge < -0.3 is 0 Å². The SMILES string of the molecule is C=CCSc1nc2c(c(=O)n1Cc1ccccc1)[C@H](C1CCCCC1)Cc1ccccc1-2. The second-order valence-corrected chi connectivity index (χ2v) is 9.99. The zero-order chi connectivity index (χ0) is 21.9. The molecule has 0 N–H and O–H groups in total. The van der Waals surface area contributed by atoms with E-state index in [9.17, 15) is 4.79 Å². The van der Waals surface area contributed by atoms with Crippen LogP contribution in [-0.4, -0.2) is 15.3 Å². The molecule has 0 amide bonds. The van der Waals surface area contributed by atoms with E-state index >= 15 is 0 Å². The Balaban J connectivity index is 1.69. The third-order valence-electron chi connectivity index (χ3n) is 6.98. The lowest BCUT2D eigenvalue weighted by molar-refractivity contribution is 0.298. The topological polar surface area (TPSA) is 34.9 Å². The van der Waals surface area contributed by atoms with E-state index in [2.05, 4.69) is 43.0 Å². The van der Waals surface area contributed by atoms with E-state index in [1.165, 1.54) is 37.7 Å². The number of nitrogens with zero attached hydrogens (tertiary/aromatic N) is 2. The molecular formula is C28H30N2OS. The quantitative estimate of drug-likeness (QED) is 0.250. The van der Waals surface area contributed by atoms with Gasteiger partial charge in [0.2, 0.25) is 0 Å². The summed E-state index contributed by atoms with van der Waals surface area (Å²) in [6, 6.07) is 18.8. The summed E-state index contributed by atoms with van der Waals surface area (Å²) < 4.78 is 1.91.